The standard InChI is InChI=1S/C13H18N6O/c1-7(2)17-10(20)5-8(3)19-9(4)18-11-12(14)15-6-16-13(11)19/h5-7H,1-4H3,(H,17,20)(H2,14,15,16)/b8-5+. The summed E-state index contributed by atoms with van der Waals surface area (Å²) in [6, 6.07) is 0.0881. The highest BCUT2D eigenvalue weighted by Gasteiger charge is 2.13. The van der Waals surface area contributed by atoms with Gasteiger partial charge in [0.2, 0.25) is 5.91 Å². The number of fused-ring (bicyclic) bond motifs is 1. The van der Waals surface area contributed by atoms with Crippen LogP contribution in [0.5, 0.6) is 0 Å². The van der Waals surface area contributed by atoms with Crippen LogP contribution in [0.2, 0.25) is 0 Å². The molecule has 0 saturated heterocycles. The number of aryl methyl sites for hydroxylation is 1. The number of carbonyl (C=O) groups is 1. The van der Waals surface area contributed by atoms with E-state index >= 15 is 0 Å². The van der Waals surface area contributed by atoms with Gasteiger partial charge in [-0.2, -0.15) is 0 Å². The van der Waals surface area contributed by atoms with Gasteiger partial charge in [-0.25, -0.2) is 15.0 Å². The molecule has 0 unspecified atom stereocenters. The molecule has 0 aromatic carbocycles. The second-order valence-corrected chi connectivity index (χ2v) is 4.87. The Morgan fingerprint density at radius 2 is 2.15 bits per heavy atom. The lowest BCUT2D eigenvalue weighted by molar-refractivity contribution is -0.116. The number of nitrogens with one attached hydrogen (secondary N) is 1. The van der Waals surface area contributed by atoms with Crippen molar-refractivity contribution in [2.45, 2.75) is 33.7 Å². The number of aromatic nitrogens is 4. The molecule has 0 aliphatic heterocycles. The van der Waals surface area contributed by atoms with Crippen molar-refractivity contribution in [3.8, 4) is 0 Å². The van der Waals surface area contributed by atoms with Crippen LogP contribution in [0.25, 0.3) is 16.9 Å². The summed E-state index contributed by atoms with van der Waals surface area (Å²) in [5, 5.41) is 2.81. The maximum absolute atomic E-state index is 11.8. The molecule has 0 aliphatic rings. The molecule has 0 bridgehead atoms. The van der Waals surface area contributed by atoms with E-state index in [2.05, 4.69) is 20.3 Å². The fourth-order valence-electron chi connectivity index (χ4n) is 2.02. The molecule has 20 heavy (non-hydrogen) atoms. The van der Waals surface area contributed by atoms with E-state index in [-0.39, 0.29) is 11.9 Å². The molecule has 0 fully saturated rings. The van der Waals surface area contributed by atoms with Crippen LogP contribution in [0, 0.1) is 6.92 Å². The minimum atomic E-state index is -0.152. The first-order valence-corrected chi connectivity index (χ1v) is 6.35. The molecule has 7 heteroatoms. The number of carbonyl (C=O) groups excluding carboxylic acids is 1. The molecule has 0 atom stereocenters. The van der Waals surface area contributed by atoms with Crippen LogP contribution in [-0.2, 0) is 4.79 Å². The molecule has 3 N–H and O–H groups in total. The summed E-state index contributed by atoms with van der Waals surface area (Å²) in [6.45, 7) is 7.48. The number of nitrogen functional groups attached to an aromatic ring is 1. The summed E-state index contributed by atoms with van der Waals surface area (Å²) in [5.74, 6) is 0.885. The molecule has 0 saturated carbocycles. The van der Waals surface area contributed by atoms with Crippen molar-refractivity contribution in [1.29, 1.82) is 0 Å². The Labute approximate surface area is 116 Å². The van der Waals surface area contributed by atoms with Gasteiger partial charge in [0, 0.05) is 17.8 Å². The first-order chi connectivity index (χ1) is 9.40. The van der Waals surface area contributed by atoms with E-state index in [1.54, 1.807) is 4.57 Å². The fraction of sp³-hybridized carbons (Fsp3) is 0.385. The molecule has 1 amide bonds. The Morgan fingerprint density at radius 1 is 1.45 bits per heavy atom. The van der Waals surface area contributed by atoms with Gasteiger partial charge in [0.15, 0.2) is 17.0 Å². The van der Waals surface area contributed by atoms with E-state index in [9.17, 15) is 4.79 Å². The van der Waals surface area contributed by atoms with Crippen LogP contribution in [0.15, 0.2) is 12.4 Å². The van der Waals surface area contributed by atoms with Gasteiger partial charge in [-0.05, 0) is 27.7 Å². The van der Waals surface area contributed by atoms with Crippen LogP contribution in [0.4, 0.5) is 5.82 Å². The lowest BCUT2D eigenvalue weighted by Crippen LogP contribution is -2.28. The normalized spacial score (nSPS) is 12.2. The van der Waals surface area contributed by atoms with Crippen molar-refractivity contribution in [3.63, 3.8) is 0 Å². The van der Waals surface area contributed by atoms with E-state index in [1.165, 1.54) is 12.4 Å². The van der Waals surface area contributed by atoms with Crippen molar-refractivity contribution >= 4 is 28.6 Å². The Kier molecular flexibility index (Phi) is 3.69. The Morgan fingerprint density at radius 3 is 2.80 bits per heavy atom. The number of hydrogen-bond donors (Lipinski definition) is 2. The number of nitrogens with zero attached hydrogens (tertiary/aromatic N) is 4. The summed E-state index contributed by atoms with van der Waals surface area (Å²) in [4.78, 5) is 24.2. The van der Waals surface area contributed by atoms with E-state index in [4.69, 9.17) is 5.73 Å². The van der Waals surface area contributed by atoms with Crippen LogP contribution >= 0.6 is 0 Å². The monoisotopic (exact) mass is 274 g/mol. The predicted molar refractivity (Wildman–Crippen MR) is 77.7 cm³/mol. The van der Waals surface area contributed by atoms with Gasteiger partial charge in [0.25, 0.3) is 0 Å². The first kappa shape index (κ1) is 14.0. The van der Waals surface area contributed by atoms with E-state index < -0.39 is 0 Å². The summed E-state index contributed by atoms with van der Waals surface area (Å²) < 4.78 is 1.78. The second kappa shape index (κ2) is 5.28. The van der Waals surface area contributed by atoms with Crippen molar-refractivity contribution in [2.75, 3.05) is 5.73 Å². The minimum absolute atomic E-state index is 0.0881. The van der Waals surface area contributed by atoms with E-state index in [0.717, 1.165) is 5.70 Å². The Balaban J connectivity index is 2.47. The third kappa shape index (κ3) is 2.61. The largest absolute Gasteiger partial charge is 0.382 e. The Hall–Kier alpha value is -2.44. The van der Waals surface area contributed by atoms with Crippen LogP contribution in [0.3, 0.4) is 0 Å². The van der Waals surface area contributed by atoms with Crippen LogP contribution in [0.1, 0.15) is 26.6 Å². The van der Waals surface area contributed by atoms with Gasteiger partial charge in [0.05, 0.1) is 0 Å². The van der Waals surface area contributed by atoms with E-state index in [1.807, 2.05) is 27.7 Å². The van der Waals surface area contributed by atoms with Crippen molar-refractivity contribution in [3.05, 3.63) is 18.2 Å². The topological polar surface area (TPSA) is 98.7 Å². The lowest BCUT2D eigenvalue weighted by Gasteiger charge is -2.08. The highest BCUT2D eigenvalue weighted by molar-refractivity contribution is 5.94. The molecular weight excluding hydrogens is 256 g/mol. The molecule has 0 spiro atoms. The zero-order valence-electron chi connectivity index (χ0n) is 12.0. The van der Waals surface area contributed by atoms with Crippen molar-refractivity contribution in [1.82, 2.24) is 24.8 Å². The fourth-order valence-corrected chi connectivity index (χ4v) is 2.02. The van der Waals surface area contributed by atoms with Gasteiger partial charge in [-0.3, -0.25) is 9.36 Å². The number of nitrogens with two attached hydrogens (primary N) is 1. The summed E-state index contributed by atoms with van der Waals surface area (Å²) in [6.07, 6.45) is 2.91. The maximum atomic E-state index is 11.8. The van der Waals surface area contributed by atoms with Crippen LogP contribution < -0.4 is 11.1 Å². The molecule has 2 aromatic heterocycles. The number of imidazole rings is 1. The summed E-state index contributed by atoms with van der Waals surface area (Å²) in [7, 11) is 0. The smallest absolute Gasteiger partial charge is 0.245 e. The molecule has 7 nitrogen and oxygen atoms in total. The number of allylic oxidation sites excluding steroid dienone is 1. The van der Waals surface area contributed by atoms with Crippen LogP contribution in [-0.4, -0.2) is 31.5 Å². The third-order valence-corrected chi connectivity index (χ3v) is 2.76. The quantitative estimate of drug-likeness (QED) is 0.817. The number of hydrogen-bond acceptors (Lipinski definition) is 5. The molecular formula is C13H18N6O. The highest BCUT2D eigenvalue weighted by atomic mass is 16.1. The SMILES string of the molecule is C/C(=C\C(=O)NC(C)C)n1c(C)nc2c(N)ncnc21. The molecule has 2 aromatic rings. The second-order valence-electron chi connectivity index (χ2n) is 4.87. The molecule has 2 heterocycles. The molecule has 0 radical (unpaired) electrons. The third-order valence-electron chi connectivity index (χ3n) is 2.76. The average Bonchev–Trinajstić information content (AvgIpc) is 2.65. The maximum Gasteiger partial charge on any atom is 0.245 e. The number of amides is 1. The highest BCUT2D eigenvalue weighted by Crippen LogP contribution is 2.20. The lowest BCUT2D eigenvalue weighted by atomic mass is 10.3. The summed E-state index contributed by atoms with van der Waals surface area (Å²) in [5.41, 5.74) is 7.65. The summed E-state index contributed by atoms with van der Waals surface area (Å²) >= 11 is 0. The Bertz CT molecular complexity index is 685. The van der Waals surface area contributed by atoms with Gasteiger partial charge in [-0.15, -0.1) is 0 Å². The van der Waals surface area contributed by atoms with Crippen molar-refractivity contribution < 1.29 is 4.79 Å². The zero-order chi connectivity index (χ0) is 14.9. The van der Waals surface area contributed by atoms with Gasteiger partial charge >= 0.3 is 0 Å². The molecule has 106 valence electrons. The van der Waals surface area contributed by atoms with Gasteiger partial charge in [0.1, 0.15) is 12.2 Å². The average molecular weight is 274 g/mol. The zero-order valence-corrected chi connectivity index (χ0v) is 12.0. The molecule has 0 aliphatic carbocycles. The minimum Gasteiger partial charge on any atom is -0.382 e. The predicted octanol–water partition coefficient (Wildman–Crippen LogP) is 1.10. The van der Waals surface area contributed by atoms with E-state index in [0.29, 0.717) is 22.8 Å². The van der Waals surface area contributed by atoms with Gasteiger partial charge < -0.3 is 11.1 Å². The van der Waals surface area contributed by atoms with Crippen molar-refractivity contribution in [2.24, 2.45) is 0 Å². The molecule has 2 rings (SSSR count). The number of rotatable bonds is 3. The first-order valence-electron chi connectivity index (χ1n) is 6.35. The van der Waals surface area contributed by atoms with Gasteiger partial charge in [-0.1, -0.05) is 0 Å². The number of anilines is 1.